The summed E-state index contributed by atoms with van der Waals surface area (Å²) in [4.78, 5) is 26.0. The average molecular weight is 399 g/mol. The molecule has 1 aromatic carbocycles. The summed E-state index contributed by atoms with van der Waals surface area (Å²) in [5.41, 5.74) is 13.0. The van der Waals surface area contributed by atoms with Gasteiger partial charge in [-0.05, 0) is 37.8 Å². The van der Waals surface area contributed by atoms with Gasteiger partial charge in [0.05, 0.1) is 31.1 Å². The van der Waals surface area contributed by atoms with Crippen molar-refractivity contribution in [3.05, 3.63) is 29.8 Å². The lowest BCUT2D eigenvalue weighted by atomic mass is 9.87. The second-order valence-corrected chi connectivity index (χ2v) is 7.73. The molecule has 0 unspecified atom stereocenters. The number of guanidine groups is 2. The molecule has 1 aromatic rings. The SMILES string of the molecule is NC1=NC2(CCCCC2)N(c2ccccc2C(=O)NCN2CCOCC2)C(N)=N1. The van der Waals surface area contributed by atoms with Crippen molar-refractivity contribution in [1.82, 2.24) is 10.2 Å². The lowest BCUT2D eigenvalue weighted by molar-refractivity contribution is 0.0334. The number of morpholine rings is 1. The fourth-order valence-corrected chi connectivity index (χ4v) is 4.37. The number of ether oxygens (including phenoxy) is 1. The van der Waals surface area contributed by atoms with Gasteiger partial charge in [0.15, 0.2) is 0 Å². The van der Waals surface area contributed by atoms with E-state index in [0.717, 1.165) is 45.2 Å². The third-order valence-corrected chi connectivity index (χ3v) is 5.81. The van der Waals surface area contributed by atoms with Crippen molar-refractivity contribution in [2.45, 2.75) is 37.8 Å². The predicted molar refractivity (Wildman–Crippen MR) is 113 cm³/mol. The van der Waals surface area contributed by atoms with Crippen LogP contribution in [0.4, 0.5) is 5.69 Å². The topological polar surface area (TPSA) is 122 Å². The van der Waals surface area contributed by atoms with Gasteiger partial charge in [-0.2, -0.15) is 4.99 Å². The third kappa shape index (κ3) is 4.06. The van der Waals surface area contributed by atoms with E-state index in [1.807, 2.05) is 29.2 Å². The molecule has 1 saturated heterocycles. The number of aliphatic imine (C=N–C) groups is 2. The highest BCUT2D eigenvalue weighted by Crippen LogP contribution is 2.40. The number of nitrogens with zero attached hydrogens (tertiary/aromatic N) is 4. The molecule has 1 spiro atoms. The van der Waals surface area contributed by atoms with Crippen molar-refractivity contribution in [2.24, 2.45) is 21.5 Å². The van der Waals surface area contributed by atoms with Crippen molar-refractivity contribution in [1.29, 1.82) is 0 Å². The molecule has 9 nitrogen and oxygen atoms in total. The van der Waals surface area contributed by atoms with E-state index in [9.17, 15) is 4.79 Å². The van der Waals surface area contributed by atoms with E-state index < -0.39 is 5.66 Å². The minimum absolute atomic E-state index is 0.145. The molecule has 1 aliphatic carbocycles. The zero-order chi connectivity index (χ0) is 20.3. The van der Waals surface area contributed by atoms with Crippen LogP contribution in [0.5, 0.6) is 0 Å². The summed E-state index contributed by atoms with van der Waals surface area (Å²) in [5.74, 6) is 0.344. The highest BCUT2D eigenvalue weighted by molar-refractivity contribution is 6.10. The molecule has 0 radical (unpaired) electrons. The Kier molecular flexibility index (Phi) is 5.68. The molecule has 29 heavy (non-hydrogen) atoms. The van der Waals surface area contributed by atoms with Crippen LogP contribution in [-0.4, -0.2) is 61.4 Å². The Morgan fingerprint density at radius 2 is 1.86 bits per heavy atom. The Morgan fingerprint density at radius 3 is 2.62 bits per heavy atom. The number of amides is 1. The summed E-state index contributed by atoms with van der Waals surface area (Å²) < 4.78 is 5.36. The van der Waals surface area contributed by atoms with Crippen LogP contribution in [0.15, 0.2) is 34.3 Å². The van der Waals surface area contributed by atoms with Gasteiger partial charge in [-0.15, -0.1) is 0 Å². The van der Waals surface area contributed by atoms with Crippen LogP contribution in [0.1, 0.15) is 42.5 Å². The molecule has 156 valence electrons. The summed E-state index contributed by atoms with van der Waals surface area (Å²) in [6.45, 7) is 3.48. The fraction of sp³-hybridized carbons (Fsp3) is 0.550. The molecule has 2 fully saturated rings. The Labute approximate surface area is 170 Å². The maximum atomic E-state index is 13.1. The lowest BCUT2D eigenvalue weighted by Crippen LogP contribution is -2.58. The molecule has 9 heteroatoms. The second kappa shape index (κ2) is 8.38. The van der Waals surface area contributed by atoms with E-state index in [0.29, 0.717) is 31.1 Å². The highest BCUT2D eigenvalue weighted by atomic mass is 16.5. The Bertz CT molecular complexity index is 811. The van der Waals surface area contributed by atoms with E-state index in [2.05, 4.69) is 15.2 Å². The number of hydrogen-bond acceptors (Lipinski definition) is 8. The van der Waals surface area contributed by atoms with Gasteiger partial charge in [0, 0.05) is 13.1 Å². The molecule has 1 saturated carbocycles. The number of carbonyl (C=O) groups excluding carboxylic acids is 1. The van der Waals surface area contributed by atoms with E-state index in [-0.39, 0.29) is 17.8 Å². The van der Waals surface area contributed by atoms with Crippen molar-refractivity contribution in [2.75, 3.05) is 37.9 Å². The van der Waals surface area contributed by atoms with Crippen LogP contribution in [0, 0.1) is 0 Å². The van der Waals surface area contributed by atoms with E-state index >= 15 is 0 Å². The molecule has 2 heterocycles. The Balaban J connectivity index is 1.61. The monoisotopic (exact) mass is 399 g/mol. The number of carbonyl (C=O) groups is 1. The number of benzene rings is 1. The smallest absolute Gasteiger partial charge is 0.254 e. The minimum atomic E-state index is -0.575. The van der Waals surface area contributed by atoms with Crippen molar-refractivity contribution in [3.8, 4) is 0 Å². The number of rotatable bonds is 4. The molecule has 0 bridgehead atoms. The molecule has 3 aliphatic rings. The van der Waals surface area contributed by atoms with Gasteiger partial charge in [0.25, 0.3) is 5.91 Å². The minimum Gasteiger partial charge on any atom is -0.379 e. The fourth-order valence-electron chi connectivity index (χ4n) is 4.37. The standard InChI is InChI=1S/C20H29N7O2/c21-18-24-19(22)27(20(25-18)8-4-1-5-9-20)16-7-3-2-6-15(16)17(28)23-14-26-10-12-29-13-11-26/h2-3,6-7H,1,4-5,8-14H2,(H,23,28)(H4,21,22,24,25). The van der Waals surface area contributed by atoms with Gasteiger partial charge in [0.2, 0.25) is 11.9 Å². The first-order valence-electron chi connectivity index (χ1n) is 10.3. The highest BCUT2D eigenvalue weighted by Gasteiger charge is 2.43. The quantitative estimate of drug-likeness (QED) is 0.689. The van der Waals surface area contributed by atoms with Crippen LogP contribution in [0.3, 0.4) is 0 Å². The van der Waals surface area contributed by atoms with E-state index in [1.54, 1.807) is 0 Å². The van der Waals surface area contributed by atoms with Crippen LogP contribution in [0.2, 0.25) is 0 Å². The van der Waals surface area contributed by atoms with Gasteiger partial charge >= 0.3 is 0 Å². The number of para-hydroxylation sites is 1. The summed E-state index contributed by atoms with van der Waals surface area (Å²) >= 11 is 0. The number of nitrogens with one attached hydrogen (secondary N) is 1. The van der Waals surface area contributed by atoms with Crippen LogP contribution in [-0.2, 0) is 4.74 Å². The Hall–Kier alpha value is -2.65. The summed E-state index contributed by atoms with van der Waals surface area (Å²) in [6, 6.07) is 7.48. The van der Waals surface area contributed by atoms with E-state index in [4.69, 9.17) is 21.2 Å². The zero-order valence-corrected chi connectivity index (χ0v) is 16.6. The van der Waals surface area contributed by atoms with Crippen LogP contribution >= 0.6 is 0 Å². The molecule has 4 rings (SSSR count). The molecule has 0 atom stereocenters. The van der Waals surface area contributed by atoms with Gasteiger partial charge in [0.1, 0.15) is 5.66 Å². The first kappa shape index (κ1) is 19.7. The van der Waals surface area contributed by atoms with E-state index in [1.165, 1.54) is 0 Å². The predicted octanol–water partition coefficient (Wildman–Crippen LogP) is 0.816. The van der Waals surface area contributed by atoms with Gasteiger partial charge in [-0.3, -0.25) is 14.6 Å². The number of hydrogen-bond donors (Lipinski definition) is 3. The first-order valence-corrected chi connectivity index (χ1v) is 10.3. The summed E-state index contributed by atoms with van der Waals surface area (Å²) in [6.07, 6.45) is 4.88. The van der Waals surface area contributed by atoms with Crippen molar-refractivity contribution in [3.63, 3.8) is 0 Å². The average Bonchev–Trinajstić information content (AvgIpc) is 2.73. The maximum absolute atomic E-state index is 13.1. The van der Waals surface area contributed by atoms with Gasteiger partial charge in [-0.1, -0.05) is 18.6 Å². The molecular formula is C20H29N7O2. The normalized spacial score (nSPS) is 22.1. The molecular weight excluding hydrogens is 370 g/mol. The molecule has 0 aromatic heterocycles. The van der Waals surface area contributed by atoms with Gasteiger partial charge < -0.3 is 21.5 Å². The molecule has 5 N–H and O–H groups in total. The lowest BCUT2D eigenvalue weighted by Gasteiger charge is -2.46. The summed E-state index contributed by atoms with van der Waals surface area (Å²) in [7, 11) is 0. The van der Waals surface area contributed by atoms with Crippen LogP contribution in [0.25, 0.3) is 0 Å². The first-order chi connectivity index (χ1) is 14.1. The maximum Gasteiger partial charge on any atom is 0.254 e. The largest absolute Gasteiger partial charge is 0.379 e. The van der Waals surface area contributed by atoms with Crippen molar-refractivity contribution >= 4 is 23.5 Å². The van der Waals surface area contributed by atoms with Crippen LogP contribution < -0.4 is 21.7 Å². The summed E-state index contributed by atoms with van der Waals surface area (Å²) in [5, 5.41) is 3.03. The Morgan fingerprint density at radius 1 is 1.14 bits per heavy atom. The molecule has 2 aliphatic heterocycles. The number of anilines is 1. The number of nitrogens with two attached hydrogens (primary N) is 2. The second-order valence-electron chi connectivity index (χ2n) is 7.73. The van der Waals surface area contributed by atoms with Gasteiger partial charge in [-0.25, -0.2) is 4.99 Å². The zero-order valence-electron chi connectivity index (χ0n) is 16.6. The third-order valence-electron chi connectivity index (χ3n) is 5.81. The van der Waals surface area contributed by atoms with Crippen molar-refractivity contribution < 1.29 is 9.53 Å². The molecule has 1 amide bonds.